The van der Waals surface area contributed by atoms with Crippen molar-refractivity contribution in [2.75, 3.05) is 25.1 Å². The number of hydrogen-bond acceptors (Lipinski definition) is 5. The smallest absolute Gasteiger partial charge is 0.239 e. The number of anilines is 1. The highest BCUT2D eigenvalue weighted by molar-refractivity contribution is 5.80. The molecule has 0 radical (unpaired) electrons. The second-order valence-corrected chi connectivity index (χ2v) is 4.85. The van der Waals surface area contributed by atoms with Crippen molar-refractivity contribution >= 4 is 11.6 Å². The van der Waals surface area contributed by atoms with Gasteiger partial charge in [0, 0.05) is 30.7 Å². The van der Waals surface area contributed by atoms with Crippen LogP contribution < -0.4 is 20.1 Å². The van der Waals surface area contributed by atoms with Crippen molar-refractivity contribution in [1.29, 1.82) is 0 Å². The SMILES string of the molecule is O=C(CNc1ccc2c(c1)OCCO2)NCc1cccnc1. The van der Waals surface area contributed by atoms with Crippen LogP contribution in [0, 0.1) is 0 Å². The van der Waals surface area contributed by atoms with Gasteiger partial charge in [-0.2, -0.15) is 0 Å². The first-order valence-electron chi connectivity index (χ1n) is 7.10. The Morgan fingerprint density at radius 3 is 2.86 bits per heavy atom. The van der Waals surface area contributed by atoms with E-state index in [4.69, 9.17) is 9.47 Å². The quantitative estimate of drug-likeness (QED) is 0.877. The minimum absolute atomic E-state index is 0.0845. The maximum atomic E-state index is 11.8. The normalized spacial score (nSPS) is 12.5. The third-order valence-corrected chi connectivity index (χ3v) is 3.21. The summed E-state index contributed by atoms with van der Waals surface area (Å²) >= 11 is 0. The number of benzene rings is 1. The Morgan fingerprint density at radius 1 is 1.18 bits per heavy atom. The summed E-state index contributed by atoms with van der Waals surface area (Å²) in [5.74, 6) is 1.35. The average molecular weight is 299 g/mol. The summed E-state index contributed by atoms with van der Waals surface area (Å²) in [5.41, 5.74) is 1.79. The largest absolute Gasteiger partial charge is 0.486 e. The van der Waals surface area contributed by atoms with Gasteiger partial charge >= 0.3 is 0 Å². The zero-order chi connectivity index (χ0) is 15.2. The molecule has 2 N–H and O–H groups in total. The lowest BCUT2D eigenvalue weighted by Crippen LogP contribution is -2.29. The van der Waals surface area contributed by atoms with Crippen LogP contribution in [-0.2, 0) is 11.3 Å². The molecule has 0 atom stereocenters. The Bertz CT molecular complexity index is 646. The highest BCUT2D eigenvalue weighted by Crippen LogP contribution is 2.32. The second kappa shape index (κ2) is 6.80. The van der Waals surface area contributed by atoms with Crippen LogP contribution in [0.4, 0.5) is 5.69 Å². The summed E-state index contributed by atoms with van der Waals surface area (Å²) in [5, 5.41) is 5.90. The highest BCUT2D eigenvalue weighted by atomic mass is 16.6. The standard InChI is InChI=1S/C16H17N3O3/c20-16(19-10-12-2-1-5-17-9-12)11-18-13-3-4-14-15(8-13)22-7-6-21-14/h1-5,8-9,18H,6-7,10-11H2,(H,19,20). The van der Waals surface area contributed by atoms with Crippen molar-refractivity contribution in [3.05, 3.63) is 48.3 Å². The summed E-state index contributed by atoms with van der Waals surface area (Å²) in [6.45, 7) is 1.77. The van der Waals surface area contributed by atoms with Gasteiger partial charge in [-0.25, -0.2) is 0 Å². The van der Waals surface area contributed by atoms with Crippen molar-refractivity contribution in [2.24, 2.45) is 0 Å². The molecule has 0 saturated heterocycles. The van der Waals surface area contributed by atoms with E-state index in [0.717, 1.165) is 17.0 Å². The van der Waals surface area contributed by atoms with Gasteiger partial charge in [0.1, 0.15) is 13.2 Å². The molecule has 0 saturated carbocycles. The Kier molecular flexibility index (Phi) is 4.38. The Labute approximate surface area is 128 Å². The van der Waals surface area contributed by atoms with Gasteiger partial charge in [0.25, 0.3) is 0 Å². The third kappa shape index (κ3) is 3.66. The van der Waals surface area contributed by atoms with Crippen molar-refractivity contribution in [3.63, 3.8) is 0 Å². The molecule has 1 aromatic carbocycles. The van der Waals surface area contributed by atoms with Crippen molar-refractivity contribution in [1.82, 2.24) is 10.3 Å². The second-order valence-electron chi connectivity index (χ2n) is 4.85. The number of pyridine rings is 1. The number of rotatable bonds is 5. The van der Waals surface area contributed by atoms with E-state index in [-0.39, 0.29) is 12.5 Å². The molecule has 1 aliphatic heterocycles. The van der Waals surface area contributed by atoms with E-state index in [2.05, 4.69) is 15.6 Å². The molecule has 0 bridgehead atoms. The number of fused-ring (bicyclic) bond motifs is 1. The van der Waals surface area contributed by atoms with Crippen LogP contribution in [0.5, 0.6) is 11.5 Å². The van der Waals surface area contributed by atoms with Gasteiger partial charge in [-0.3, -0.25) is 9.78 Å². The lowest BCUT2D eigenvalue weighted by Gasteiger charge is -2.19. The average Bonchev–Trinajstić information content (AvgIpc) is 2.59. The summed E-state index contributed by atoms with van der Waals surface area (Å²) in [6.07, 6.45) is 3.43. The minimum atomic E-state index is -0.0845. The summed E-state index contributed by atoms with van der Waals surface area (Å²) in [4.78, 5) is 15.8. The van der Waals surface area contributed by atoms with Gasteiger partial charge in [-0.15, -0.1) is 0 Å². The molecule has 0 spiro atoms. The van der Waals surface area contributed by atoms with Crippen LogP contribution in [0.25, 0.3) is 0 Å². The van der Waals surface area contributed by atoms with Crippen LogP contribution in [0.1, 0.15) is 5.56 Å². The van der Waals surface area contributed by atoms with Gasteiger partial charge in [0.2, 0.25) is 5.91 Å². The molecule has 114 valence electrons. The number of hydrogen-bond donors (Lipinski definition) is 2. The van der Waals surface area contributed by atoms with Gasteiger partial charge < -0.3 is 20.1 Å². The number of carbonyl (C=O) groups excluding carboxylic acids is 1. The van der Waals surface area contributed by atoms with Crippen LogP contribution >= 0.6 is 0 Å². The lowest BCUT2D eigenvalue weighted by molar-refractivity contribution is -0.119. The summed E-state index contributed by atoms with van der Waals surface area (Å²) < 4.78 is 11.0. The van der Waals surface area contributed by atoms with E-state index in [0.29, 0.717) is 25.5 Å². The molecule has 6 nitrogen and oxygen atoms in total. The zero-order valence-corrected chi connectivity index (χ0v) is 12.0. The first-order valence-corrected chi connectivity index (χ1v) is 7.10. The van der Waals surface area contributed by atoms with Gasteiger partial charge in [0.05, 0.1) is 6.54 Å². The first kappa shape index (κ1) is 14.2. The fraction of sp³-hybridized carbons (Fsp3) is 0.250. The van der Waals surface area contributed by atoms with Crippen LogP contribution in [0.15, 0.2) is 42.7 Å². The molecule has 2 heterocycles. The van der Waals surface area contributed by atoms with E-state index >= 15 is 0 Å². The predicted octanol–water partition coefficient (Wildman–Crippen LogP) is 1.58. The van der Waals surface area contributed by atoms with Crippen molar-refractivity contribution < 1.29 is 14.3 Å². The molecule has 1 aromatic heterocycles. The molecular formula is C16H17N3O3. The Hall–Kier alpha value is -2.76. The molecule has 3 rings (SSSR count). The van der Waals surface area contributed by atoms with E-state index in [1.165, 1.54) is 0 Å². The van der Waals surface area contributed by atoms with Gasteiger partial charge in [-0.1, -0.05) is 6.07 Å². The molecular weight excluding hydrogens is 282 g/mol. The first-order chi connectivity index (χ1) is 10.8. The monoisotopic (exact) mass is 299 g/mol. The van der Waals surface area contributed by atoms with Crippen LogP contribution in [-0.4, -0.2) is 30.6 Å². The molecule has 1 amide bonds. The summed E-state index contributed by atoms with van der Waals surface area (Å²) in [7, 11) is 0. The van der Waals surface area contributed by atoms with Gasteiger partial charge in [0.15, 0.2) is 11.5 Å². The Morgan fingerprint density at radius 2 is 2.05 bits per heavy atom. The zero-order valence-electron chi connectivity index (χ0n) is 12.0. The predicted molar refractivity (Wildman–Crippen MR) is 82.0 cm³/mol. The number of carbonyl (C=O) groups is 1. The molecule has 0 unspecified atom stereocenters. The molecule has 22 heavy (non-hydrogen) atoms. The van der Waals surface area contributed by atoms with E-state index in [1.807, 2.05) is 30.3 Å². The number of nitrogens with zero attached hydrogens (tertiary/aromatic N) is 1. The lowest BCUT2D eigenvalue weighted by atomic mass is 10.2. The highest BCUT2D eigenvalue weighted by Gasteiger charge is 2.11. The van der Waals surface area contributed by atoms with Gasteiger partial charge in [-0.05, 0) is 23.8 Å². The van der Waals surface area contributed by atoms with Crippen LogP contribution in [0.2, 0.25) is 0 Å². The Balaban J connectivity index is 1.48. The number of nitrogens with one attached hydrogen (secondary N) is 2. The number of amides is 1. The van der Waals surface area contributed by atoms with Crippen LogP contribution in [0.3, 0.4) is 0 Å². The number of aromatic nitrogens is 1. The fourth-order valence-electron chi connectivity index (χ4n) is 2.10. The molecule has 1 aliphatic rings. The topological polar surface area (TPSA) is 72.5 Å². The molecule has 6 heteroatoms. The van der Waals surface area contributed by atoms with E-state index in [9.17, 15) is 4.79 Å². The van der Waals surface area contributed by atoms with E-state index in [1.54, 1.807) is 12.4 Å². The molecule has 0 fully saturated rings. The van der Waals surface area contributed by atoms with Crippen molar-refractivity contribution in [3.8, 4) is 11.5 Å². The number of ether oxygens (including phenoxy) is 2. The molecule has 2 aromatic rings. The third-order valence-electron chi connectivity index (χ3n) is 3.21. The maximum absolute atomic E-state index is 11.8. The van der Waals surface area contributed by atoms with Crippen molar-refractivity contribution in [2.45, 2.75) is 6.54 Å². The minimum Gasteiger partial charge on any atom is -0.486 e. The fourth-order valence-corrected chi connectivity index (χ4v) is 2.10. The van der Waals surface area contributed by atoms with E-state index < -0.39 is 0 Å². The molecule has 0 aliphatic carbocycles. The summed E-state index contributed by atoms with van der Waals surface area (Å²) in [6, 6.07) is 9.30. The maximum Gasteiger partial charge on any atom is 0.239 e.